The summed E-state index contributed by atoms with van der Waals surface area (Å²) in [6.45, 7) is 1.55. The van der Waals surface area contributed by atoms with Crippen molar-refractivity contribution < 1.29 is 9.59 Å². The number of nitrogens with two attached hydrogens (primary N) is 1. The third-order valence-corrected chi connectivity index (χ3v) is 3.73. The molecular formula is C17H17ClN8O2. The van der Waals surface area contributed by atoms with Crippen molar-refractivity contribution in [1.82, 2.24) is 25.5 Å². The minimum absolute atomic E-state index is 0.0000386. The molecule has 3 rings (SSSR count). The molecule has 3 aromatic rings. The lowest BCUT2D eigenvalue weighted by molar-refractivity contribution is -0.117. The van der Waals surface area contributed by atoms with E-state index in [-0.39, 0.29) is 18.1 Å². The molecule has 28 heavy (non-hydrogen) atoms. The molecule has 0 atom stereocenters. The molecule has 0 saturated heterocycles. The van der Waals surface area contributed by atoms with Crippen molar-refractivity contribution in [3.63, 3.8) is 0 Å². The highest BCUT2D eigenvalue weighted by Crippen LogP contribution is 2.22. The lowest BCUT2D eigenvalue weighted by atomic mass is 10.3. The average Bonchev–Trinajstić information content (AvgIpc) is 3.06. The molecule has 1 aromatic carbocycles. The number of benzene rings is 1. The number of H-pyrrole nitrogens is 1. The lowest BCUT2D eigenvalue weighted by Crippen LogP contribution is -2.34. The van der Waals surface area contributed by atoms with Crippen LogP contribution in [-0.2, 0) is 4.79 Å². The summed E-state index contributed by atoms with van der Waals surface area (Å²) in [5.41, 5.74) is 6.59. The third-order valence-electron chi connectivity index (χ3n) is 3.48. The van der Waals surface area contributed by atoms with Crippen molar-refractivity contribution in [2.75, 3.05) is 17.2 Å². The van der Waals surface area contributed by atoms with E-state index in [2.05, 4.69) is 36.1 Å². The second-order valence-electron chi connectivity index (χ2n) is 5.79. The van der Waals surface area contributed by atoms with E-state index in [0.717, 1.165) is 5.69 Å². The number of nitrogens with one attached hydrogen (secondary N) is 4. The summed E-state index contributed by atoms with van der Waals surface area (Å²) in [6.07, 6.45) is 1.39. The van der Waals surface area contributed by atoms with Gasteiger partial charge in [0.05, 0.1) is 12.7 Å². The van der Waals surface area contributed by atoms with Gasteiger partial charge in [-0.3, -0.25) is 14.7 Å². The zero-order chi connectivity index (χ0) is 20.1. The molecule has 2 amide bonds. The lowest BCUT2D eigenvalue weighted by Gasteiger charge is -2.12. The van der Waals surface area contributed by atoms with Crippen LogP contribution in [0.4, 0.5) is 23.1 Å². The summed E-state index contributed by atoms with van der Waals surface area (Å²) in [5, 5.41) is 15.9. The Bertz CT molecular complexity index is 1000. The fraction of sp³-hybridized carbons (Fsp3) is 0.118. The number of nitrogens with zero attached hydrogens (tertiary/aromatic N) is 3. The van der Waals surface area contributed by atoms with Crippen LogP contribution in [-0.4, -0.2) is 38.5 Å². The van der Waals surface area contributed by atoms with Gasteiger partial charge in [-0.1, -0.05) is 11.6 Å². The van der Waals surface area contributed by atoms with Crippen molar-refractivity contribution in [2.24, 2.45) is 5.73 Å². The quantitative estimate of drug-likeness (QED) is 0.406. The maximum Gasteiger partial charge on any atom is 0.274 e. The molecule has 0 aliphatic heterocycles. The van der Waals surface area contributed by atoms with Crippen LogP contribution < -0.4 is 21.7 Å². The van der Waals surface area contributed by atoms with E-state index >= 15 is 0 Å². The Hall–Kier alpha value is -3.66. The van der Waals surface area contributed by atoms with Crippen molar-refractivity contribution >= 4 is 46.6 Å². The van der Waals surface area contributed by atoms with Crippen molar-refractivity contribution in [3.05, 3.63) is 52.9 Å². The molecule has 0 fully saturated rings. The molecule has 0 unspecified atom stereocenters. The molecule has 0 bridgehead atoms. The fourth-order valence-corrected chi connectivity index (χ4v) is 2.36. The van der Waals surface area contributed by atoms with Crippen molar-refractivity contribution in [1.29, 1.82) is 0 Å². The number of aromatic nitrogens is 4. The van der Waals surface area contributed by atoms with E-state index in [9.17, 15) is 9.59 Å². The molecule has 11 heteroatoms. The Labute approximate surface area is 164 Å². The number of aryl methyl sites for hydroxylation is 1. The number of amides is 2. The van der Waals surface area contributed by atoms with E-state index in [1.165, 1.54) is 6.20 Å². The summed E-state index contributed by atoms with van der Waals surface area (Å²) >= 11 is 5.90. The predicted octanol–water partition coefficient (Wildman–Crippen LogP) is 1.86. The van der Waals surface area contributed by atoms with Crippen molar-refractivity contribution in [3.8, 4) is 0 Å². The number of rotatable bonds is 7. The molecule has 0 spiro atoms. The Morgan fingerprint density at radius 3 is 2.57 bits per heavy atom. The number of halogens is 1. The van der Waals surface area contributed by atoms with Crippen LogP contribution in [0.25, 0.3) is 0 Å². The molecular weight excluding hydrogens is 384 g/mol. The van der Waals surface area contributed by atoms with Gasteiger partial charge < -0.3 is 21.7 Å². The Kier molecular flexibility index (Phi) is 5.70. The maximum absolute atomic E-state index is 12.4. The number of aromatic amines is 1. The monoisotopic (exact) mass is 400 g/mol. The first-order valence-electron chi connectivity index (χ1n) is 8.16. The molecule has 0 aliphatic rings. The van der Waals surface area contributed by atoms with Gasteiger partial charge in [-0.05, 0) is 31.2 Å². The summed E-state index contributed by atoms with van der Waals surface area (Å²) in [5.74, 6) is -0.156. The SMILES string of the molecule is Cc1cc(Nc2cnc(C(=O)NCC(N)=O)c(Nc3ccc(Cl)cc3)n2)n[nH]1. The Morgan fingerprint density at radius 1 is 1.18 bits per heavy atom. The van der Waals surface area contributed by atoms with Gasteiger partial charge in [-0.2, -0.15) is 5.10 Å². The highest BCUT2D eigenvalue weighted by atomic mass is 35.5. The van der Waals surface area contributed by atoms with Crippen LogP contribution >= 0.6 is 11.6 Å². The second kappa shape index (κ2) is 8.35. The van der Waals surface area contributed by atoms with Crippen LogP contribution in [0.1, 0.15) is 16.2 Å². The zero-order valence-corrected chi connectivity index (χ0v) is 15.5. The van der Waals surface area contributed by atoms with Crippen LogP contribution in [0.3, 0.4) is 0 Å². The van der Waals surface area contributed by atoms with Gasteiger partial charge in [0.15, 0.2) is 23.1 Å². The van der Waals surface area contributed by atoms with Crippen LogP contribution in [0, 0.1) is 6.92 Å². The highest BCUT2D eigenvalue weighted by molar-refractivity contribution is 6.30. The first kappa shape index (κ1) is 19.1. The van der Waals surface area contributed by atoms with Gasteiger partial charge in [-0.25, -0.2) is 9.97 Å². The van der Waals surface area contributed by atoms with Gasteiger partial charge >= 0.3 is 0 Å². The number of hydrogen-bond acceptors (Lipinski definition) is 7. The highest BCUT2D eigenvalue weighted by Gasteiger charge is 2.17. The van der Waals surface area contributed by atoms with Gasteiger partial charge in [0.25, 0.3) is 5.91 Å². The number of carbonyl (C=O) groups excluding carboxylic acids is 2. The molecule has 2 aromatic heterocycles. The second-order valence-corrected chi connectivity index (χ2v) is 6.23. The van der Waals surface area contributed by atoms with Crippen LogP contribution in [0.2, 0.25) is 5.02 Å². The molecule has 0 aliphatic carbocycles. The largest absolute Gasteiger partial charge is 0.368 e. The first-order valence-corrected chi connectivity index (χ1v) is 8.53. The van der Waals surface area contributed by atoms with Crippen LogP contribution in [0.15, 0.2) is 36.5 Å². The minimum Gasteiger partial charge on any atom is -0.368 e. The fourth-order valence-electron chi connectivity index (χ4n) is 2.24. The van der Waals surface area contributed by atoms with Gasteiger partial charge in [0.2, 0.25) is 5.91 Å². The molecule has 0 saturated carbocycles. The Balaban J connectivity index is 1.89. The summed E-state index contributed by atoms with van der Waals surface area (Å²) < 4.78 is 0. The number of primary amides is 1. The minimum atomic E-state index is -0.666. The molecule has 10 nitrogen and oxygen atoms in total. The topological polar surface area (TPSA) is 151 Å². The third kappa shape index (κ3) is 4.95. The number of hydrogen-bond donors (Lipinski definition) is 5. The zero-order valence-electron chi connectivity index (χ0n) is 14.8. The van der Waals surface area contributed by atoms with Gasteiger partial charge in [-0.15, -0.1) is 0 Å². The summed E-state index contributed by atoms with van der Waals surface area (Å²) in [7, 11) is 0. The van der Waals surface area contributed by atoms with E-state index in [4.69, 9.17) is 17.3 Å². The first-order chi connectivity index (χ1) is 13.4. The standard InChI is InChI=1S/C17H17ClN8O2/c1-9-6-13(26-25-9)23-14-8-20-15(17(28)21-7-12(19)27)16(24-14)22-11-4-2-10(18)3-5-11/h2-6,8H,7H2,1H3,(H2,19,27)(H,21,28)(H3,22,23,24,25,26). The van der Waals surface area contributed by atoms with E-state index < -0.39 is 11.8 Å². The normalized spacial score (nSPS) is 10.4. The van der Waals surface area contributed by atoms with E-state index in [1.807, 2.05) is 6.92 Å². The summed E-state index contributed by atoms with van der Waals surface area (Å²) in [6, 6.07) is 8.64. The molecule has 2 heterocycles. The van der Waals surface area contributed by atoms with E-state index in [1.54, 1.807) is 30.3 Å². The average molecular weight is 401 g/mol. The van der Waals surface area contributed by atoms with Crippen molar-refractivity contribution in [2.45, 2.75) is 6.92 Å². The van der Waals surface area contributed by atoms with Crippen LogP contribution in [0.5, 0.6) is 0 Å². The Morgan fingerprint density at radius 2 is 1.93 bits per heavy atom. The summed E-state index contributed by atoms with van der Waals surface area (Å²) in [4.78, 5) is 31.8. The van der Waals surface area contributed by atoms with E-state index in [0.29, 0.717) is 22.3 Å². The predicted molar refractivity (Wildman–Crippen MR) is 105 cm³/mol. The van der Waals surface area contributed by atoms with Gasteiger partial charge in [0, 0.05) is 22.5 Å². The molecule has 144 valence electrons. The molecule has 0 radical (unpaired) electrons. The van der Waals surface area contributed by atoms with Gasteiger partial charge in [0.1, 0.15) is 0 Å². The maximum atomic E-state index is 12.4. The smallest absolute Gasteiger partial charge is 0.274 e. The number of anilines is 4. The molecule has 6 N–H and O–H groups in total. The number of carbonyl (C=O) groups is 2.